The molecule has 1 amide bonds. The quantitative estimate of drug-likeness (QED) is 0.354. The molecular formula is C23H19N3O4S. The van der Waals surface area contributed by atoms with Crippen molar-refractivity contribution in [1.82, 2.24) is 14.7 Å². The number of carbonyl (C=O) groups is 3. The number of carbonyl (C=O) groups excluding carboxylic acids is 3. The number of ether oxygens (including phenoxy) is 1. The number of thiophene rings is 1. The molecule has 0 bridgehead atoms. The van der Waals surface area contributed by atoms with E-state index < -0.39 is 5.97 Å². The number of nitrogens with zero attached hydrogens (tertiary/aromatic N) is 2. The summed E-state index contributed by atoms with van der Waals surface area (Å²) in [7, 11) is 0. The lowest BCUT2D eigenvalue weighted by atomic mass is 10.2. The second kappa shape index (κ2) is 8.93. The van der Waals surface area contributed by atoms with Crippen molar-refractivity contribution in [3.8, 4) is 0 Å². The van der Waals surface area contributed by atoms with Gasteiger partial charge in [0.1, 0.15) is 0 Å². The first-order valence-electron chi connectivity index (χ1n) is 9.66. The fourth-order valence-corrected chi connectivity index (χ4v) is 3.88. The van der Waals surface area contributed by atoms with E-state index in [0.29, 0.717) is 28.2 Å². The first kappa shape index (κ1) is 20.5. The molecule has 0 spiro atoms. The van der Waals surface area contributed by atoms with Crippen molar-refractivity contribution < 1.29 is 19.1 Å². The van der Waals surface area contributed by atoms with Crippen LogP contribution >= 0.6 is 11.3 Å². The molecule has 4 aromatic rings. The Morgan fingerprint density at radius 3 is 2.74 bits per heavy atom. The molecule has 0 aliphatic heterocycles. The van der Waals surface area contributed by atoms with Gasteiger partial charge < -0.3 is 14.5 Å². The van der Waals surface area contributed by atoms with Crippen LogP contribution in [0.4, 0.5) is 0 Å². The summed E-state index contributed by atoms with van der Waals surface area (Å²) in [5.41, 5.74) is 2.25. The van der Waals surface area contributed by atoms with Crippen LogP contribution in [0.15, 0.2) is 66.4 Å². The van der Waals surface area contributed by atoms with E-state index in [1.54, 1.807) is 60.2 Å². The molecule has 156 valence electrons. The molecular weight excluding hydrogens is 414 g/mol. The molecule has 4 aromatic heterocycles. The molecule has 7 nitrogen and oxygen atoms in total. The summed E-state index contributed by atoms with van der Waals surface area (Å²) in [4.78, 5) is 42.7. The molecule has 0 aliphatic rings. The van der Waals surface area contributed by atoms with Gasteiger partial charge >= 0.3 is 5.97 Å². The number of rotatable bonds is 7. The van der Waals surface area contributed by atoms with Gasteiger partial charge in [-0.05, 0) is 48.2 Å². The van der Waals surface area contributed by atoms with Gasteiger partial charge in [-0.15, -0.1) is 11.3 Å². The van der Waals surface area contributed by atoms with Gasteiger partial charge in [0.05, 0.1) is 28.3 Å². The molecule has 0 aliphatic carbocycles. The van der Waals surface area contributed by atoms with Crippen molar-refractivity contribution in [3.05, 3.63) is 93.7 Å². The number of hydrogen-bond donors (Lipinski definition) is 1. The third-order valence-corrected chi connectivity index (χ3v) is 5.55. The standard InChI is InChI=1S/C23H19N3O4S/c1-2-30-23(29)17-12-19(21(27)20-6-4-10-31-20)26-9-7-16(11-18(17)26)22(28)25-14-15-5-3-8-24-13-15/h3-13H,2,14H2,1H3,(H,25,28). The lowest BCUT2D eigenvalue weighted by Gasteiger charge is -2.07. The van der Waals surface area contributed by atoms with Crippen LogP contribution in [0.25, 0.3) is 5.52 Å². The minimum absolute atomic E-state index is 0.200. The first-order chi connectivity index (χ1) is 15.1. The molecule has 0 atom stereocenters. The normalized spacial score (nSPS) is 10.7. The van der Waals surface area contributed by atoms with E-state index in [2.05, 4.69) is 10.3 Å². The van der Waals surface area contributed by atoms with Crippen molar-refractivity contribution >= 4 is 34.5 Å². The highest BCUT2D eigenvalue weighted by Crippen LogP contribution is 2.24. The van der Waals surface area contributed by atoms with Crippen LogP contribution in [0.1, 0.15) is 48.6 Å². The Hall–Kier alpha value is -3.78. The third-order valence-electron chi connectivity index (χ3n) is 4.68. The molecule has 0 saturated heterocycles. The Labute approximate surface area is 182 Å². The van der Waals surface area contributed by atoms with Gasteiger partial charge in [0, 0.05) is 30.7 Å². The minimum Gasteiger partial charge on any atom is -0.462 e. The Bertz CT molecular complexity index is 1250. The van der Waals surface area contributed by atoms with Crippen molar-refractivity contribution in [3.63, 3.8) is 0 Å². The maximum atomic E-state index is 12.9. The highest BCUT2D eigenvalue weighted by atomic mass is 32.1. The van der Waals surface area contributed by atoms with E-state index in [-0.39, 0.29) is 23.9 Å². The smallest absolute Gasteiger partial charge is 0.340 e. The van der Waals surface area contributed by atoms with E-state index in [4.69, 9.17) is 4.74 Å². The van der Waals surface area contributed by atoms with E-state index in [1.807, 2.05) is 11.4 Å². The summed E-state index contributed by atoms with van der Waals surface area (Å²) >= 11 is 1.33. The number of aromatic nitrogens is 2. The summed E-state index contributed by atoms with van der Waals surface area (Å²) in [5, 5.41) is 4.66. The molecule has 0 fully saturated rings. The number of esters is 1. The average molecular weight is 433 g/mol. The predicted molar refractivity (Wildman–Crippen MR) is 117 cm³/mol. The topological polar surface area (TPSA) is 89.8 Å². The predicted octanol–water partition coefficient (Wildman–Crippen LogP) is 3.73. The SMILES string of the molecule is CCOC(=O)c1cc(C(=O)c2cccs2)n2ccc(C(=O)NCc3cccnc3)cc12. The largest absolute Gasteiger partial charge is 0.462 e. The number of ketones is 1. The number of hydrogen-bond acceptors (Lipinski definition) is 6. The fraction of sp³-hybridized carbons (Fsp3) is 0.130. The number of nitrogens with one attached hydrogen (secondary N) is 1. The van der Waals surface area contributed by atoms with E-state index in [9.17, 15) is 14.4 Å². The molecule has 8 heteroatoms. The lowest BCUT2D eigenvalue weighted by molar-refractivity contribution is 0.0528. The fourth-order valence-electron chi connectivity index (χ4n) is 3.21. The number of pyridine rings is 2. The zero-order chi connectivity index (χ0) is 21.8. The summed E-state index contributed by atoms with van der Waals surface area (Å²) in [6.07, 6.45) is 4.97. The van der Waals surface area contributed by atoms with E-state index >= 15 is 0 Å². The monoisotopic (exact) mass is 433 g/mol. The van der Waals surface area contributed by atoms with Gasteiger partial charge in [0.15, 0.2) is 0 Å². The zero-order valence-corrected chi connectivity index (χ0v) is 17.5. The second-order valence-corrected chi connectivity index (χ2v) is 7.63. The van der Waals surface area contributed by atoms with Crippen LogP contribution < -0.4 is 5.32 Å². The maximum Gasteiger partial charge on any atom is 0.340 e. The van der Waals surface area contributed by atoms with Gasteiger partial charge in [0.25, 0.3) is 5.91 Å². The Morgan fingerprint density at radius 1 is 1.16 bits per heavy atom. The molecule has 1 N–H and O–H groups in total. The molecule has 4 heterocycles. The Kier molecular flexibility index (Phi) is 5.90. The molecule has 31 heavy (non-hydrogen) atoms. The summed E-state index contributed by atoms with van der Waals surface area (Å²) in [6, 6.07) is 11.9. The molecule has 0 unspecified atom stereocenters. The van der Waals surface area contributed by atoms with Gasteiger partial charge in [0.2, 0.25) is 5.78 Å². The van der Waals surface area contributed by atoms with Gasteiger partial charge in [-0.25, -0.2) is 4.79 Å². The Balaban J connectivity index is 1.69. The van der Waals surface area contributed by atoms with Crippen molar-refractivity contribution in [2.75, 3.05) is 6.61 Å². The second-order valence-electron chi connectivity index (χ2n) is 6.68. The van der Waals surface area contributed by atoms with Gasteiger partial charge in [-0.3, -0.25) is 14.6 Å². The zero-order valence-electron chi connectivity index (χ0n) is 16.7. The molecule has 0 aromatic carbocycles. The third kappa shape index (κ3) is 4.24. The molecule has 4 rings (SSSR count). The summed E-state index contributed by atoms with van der Waals surface area (Å²) < 4.78 is 6.77. The summed E-state index contributed by atoms with van der Waals surface area (Å²) in [5.74, 6) is -1.04. The van der Waals surface area contributed by atoms with Crippen LogP contribution in [-0.4, -0.2) is 33.7 Å². The van der Waals surface area contributed by atoms with Gasteiger partial charge in [-0.1, -0.05) is 12.1 Å². The van der Waals surface area contributed by atoms with Crippen molar-refractivity contribution in [2.45, 2.75) is 13.5 Å². The highest BCUT2D eigenvalue weighted by molar-refractivity contribution is 7.12. The first-order valence-corrected chi connectivity index (χ1v) is 10.5. The van der Waals surface area contributed by atoms with Crippen LogP contribution in [-0.2, 0) is 11.3 Å². The van der Waals surface area contributed by atoms with Crippen molar-refractivity contribution in [1.29, 1.82) is 0 Å². The van der Waals surface area contributed by atoms with Crippen LogP contribution in [0.5, 0.6) is 0 Å². The van der Waals surface area contributed by atoms with Crippen LogP contribution in [0.2, 0.25) is 0 Å². The van der Waals surface area contributed by atoms with Crippen LogP contribution in [0.3, 0.4) is 0 Å². The molecule has 0 radical (unpaired) electrons. The maximum absolute atomic E-state index is 12.9. The molecule has 0 saturated carbocycles. The highest BCUT2D eigenvalue weighted by Gasteiger charge is 2.23. The summed E-state index contributed by atoms with van der Waals surface area (Å²) in [6.45, 7) is 2.24. The van der Waals surface area contributed by atoms with E-state index in [0.717, 1.165) is 5.56 Å². The number of amides is 1. The van der Waals surface area contributed by atoms with Crippen molar-refractivity contribution in [2.24, 2.45) is 0 Å². The number of fused-ring (bicyclic) bond motifs is 1. The lowest BCUT2D eigenvalue weighted by Crippen LogP contribution is -2.23. The van der Waals surface area contributed by atoms with Crippen LogP contribution in [0, 0.1) is 0 Å². The minimum atomic E-state index is -0.543. The average Bonchev–Trinajstić information content (AvgIpc) is 3.46. The Morgan fingerprint density at radius 2 is 2.03 bits per heavy atom. The van der Waals surface area contributed by atoms with E-state index in [1.165, 1.54) is 17.4 Å². The van der Waals surface area contributed by atoms with Gasteiger partial charge in [-0.2, -0.15) is 0 Å².